The summed E-state index contributed by atoms with van der Waals surface area (Å²) in [7, 11) is -1.22. The van der Waals surface area contributed by atoms with E-state index >= 15 is 0 Å². The molecule has 10 nitrogen and oxygen atoms in total. The van der Waals surface area contributed by atoms with Crippen LogP contribution in [-0.2, 0) is 16.6 Å². The summed E-state index contributed by atoms with van der Waals surface area (Å²) in [6, 6.07) is 12.5. The Morgan fingerprint density at radius 3 is 2.51 bits per heavy atom. The second kappa shape index (κ2) is 10.1. The monoisotopic (exact) mass is 498 g/mol. The topological polar surface area (TPSA) is 108 Å². The largest absolute Gasteiger partial charge is 0.379 e. The van der Waals surface area contributed by atoms with Crippen molar-refractivity contribution in [2.24, 2.45) is 0 Å². The number of piperidine rings is 2. The molecule has 5 rings (SSSR count). The zero-order valence-corrected chi connectivity index (χ0v) is 21.2. The first-order valence-corrected chi connectivity index (χ1v) is 13.9. The van der Waals surface area contributed by atoms with Gasteiger partial charge in [-0.05, 0) is 51.3 Å². The smallest absolute Gasteiger partial charge is 0.217 e. The van der Waals surface area contributed by atoms with Crippen LogP contribution < -0.4 is 15.5 Å². The third-order valence-electron chi connectivity index (χ3n) is 7.05. The molecule has 35 heavy (non-hydrogen) atoms. The van der Waals surface area contributed by atoms with Crippen LogP contribution >= 0.6 is 0 Å². The molecule has 0 spiro atoms. The molecule has 2 aromatic heterocycles. The van der Waals surface area contributed by atoms with Gasteiger partial charge < -0.3 is 15.5 Å². The van der Waals surface area contributed by atoms with Gasteiger partial charge in [-0.25, -0.2) is 12.7 Å². The fourth-order valence-corrected chi connectivity index (χ4v) is 6.95. The predicted molar refractivity (Wildman–Crippen MR) is 137 cm³/mol. The summed E-state index contributed by atoms with van der Waals surface area (Å²) in [5.41, 5.74) is 2.76. The van der Waals surface area contributed by atoms with Crippen LogP contribution in [0.5, 0.6) is 0 Å². The molecule has 2 aliphatic heterocycles. The Labute approximate surface area is 206 Å². The molecule has 2 saturated heterocycles. The number of nitrogens with one attached hydrogen (secondary N) is 2. The van der Waals surface area contributed by atoms with Gasteiger partial charge >= 0.3 is 0 Å². The van der Waals surface area contributed by atoms with Crippen molar-refractivity contribution in [3.8, 4) is 0 Å². The summed E-state index contributed by atoms with van der Waals surface area (Å²) in [4.78, 5) is 2.10. The summed E-state index contributed by atoms with van der Waals surface area (Å²) in [5, 5.41) is 20.0. The minimum absolute atomic E-state index is 0.157. The van der Waals surface area contributed by atoms with E-state index in [0.29, 0.717) is 31.6 Å². The van der Waals surface area contributed by atoms with E-state index in [1.807, 2.05) is 38.2 Å². The molecule has 0 saturated carbocycles. The summed E-state index contributed by atoms with van der Waals surface area (Å²) < 4.78 is 29.7. The van der Waals surface area contributed by atoms with Gasteiger partial charge in [-0.2, -0.15) is 4.52 Å². The van der Waals surface area contributed by atoms with Crippen LogP contribution in [-0.4, -0.2) is 77.1 Å². The molecule has 2 fully saturated rings. The van der Waals surface area contributed by atoms with Crippen molar-refractivity contribution in [1.82, 2.24) is 29.4 Å². The number of hydrogen-bond acceptors (Lipinski definition) is 8. The van der Waals surface area contributed by atoms with E-state index in [2.05, 4.69) is 37.9 Å². The Morgan fingerprint density at radius 1 is 1.09 bits per heavy atom. The number of sulfonamides is 1. The van der Waals surface area contributed by atoms with E-state index in [1.54, 1.807) is 8.82 Å². The Balaban J connectivity index is 1.30. The molecule has 0 atom stereocenters. The summed E-state index contributed by atoms with van der Waals surface area (Å²) in [6.45, 7) is 5.25. The Kier molecular flexibility index (Phi) is 6.90. The Hall–Kier alpha value is -2.76. The molecule has 188 valence electrons. The van der Waals surface area contributed by atoms with E-state index in [0.717, 1.165) is 49.8 Å². The lowest BCUT2D eigenvalue weighted by Crippen LogP contribution is -2.48. The fourth-order valence-electron chi connectivity index (χ4n) is 4.98. The van der Waals surface area contributed by atoms with E-state index in [4.69, 9.17) is 5.10 Å². The lowest BCUT2D eigenvalue weighted by molar-refractivity contribution is 0.321. The number of hydrogen-bond donors (Lipinski definition) is 2. The molecule has 0 radical (unpaired) electrons. The molecule has 3 aromatic rings. The molecule has 0 amide bonds. The Bertz CT molecular complexity index is 1250. The SMILES string of the molecule is Cc1nnc2c(NC3CCN(S(=O)(=O)C4CCNCC4)CC3)cc(N(C)Cc3ccccc3)nn12. The van der Waals surface area contributed by atoms with Gasteiger partial charge in [0.25, 0.3) is 0 Å². The Morgan fingerprint density at radius 2 is 1.80 bits per heavy atom. The third kappa shape index (κ3) is 5.12. The highest BCUT2D eigenvalue weighted by molar-refractivity contribution is 7.89. The quantitative estimate of drug-likeness (QED) is 0.510. The minimum atomic E-state index is -3.24. The first-order valence-electron chi connectivity index (χ1n) is 12.4. The second-order valence-electron chi connectivity index (χ2n) is 9.55. The molecule has 0 unspecified atom stereocenters. The maximum Gasteiger partial charge on any atom is 0.217 e. The first kappa shape index (κ1) is 24.0. The second-order valence-corrected chi connectivity index (χ2v) is 11.8. The van der Waals surface area contributed by atoms with Crippen LogP contribution in [0.2, 0.25) is 0 Å². The van der Waals surface area contributed by atoms with Crippen molar-refractivity contribution in [1.29, 1.82) is 0 Å². The van der Waals surface area contributed by atoms with Crippen LogP contribution in [0, 0.1) is 6.92 Å². The predicted octanol–water partition coefficient (Wildman–Crippen LogP) is 2.03. The van der Waals surface area contributed by atoms with Gasteiger partial charge in [0.15, 0.2) is 11.6 Å². The van der Waals surface area contributed by atoms with E-state index in [9.17, 15) is 8.42 Å². The molecular weight excluding hydrogens is 464 g/mol. The normalized spacial score (nSPS) is 18.7. The molecule has 2 aliphatic rings. The summed E-state index contributed by atoms with van der Waals surface area (Å²) >= 11 is 0. The van der Waals surface area contributed by atoms with Gasteiger partial charge in [0, 0.05) is 38.8 Å². The lowest BCUT2D eigenvalue weighted by atomic mass is 10.1. The van der Waals surface area contributed by atoms with E-state index < -0.39 is 10.0 Å². The van der Waals surface area contributed by atoms with Crippen molar-refractivity contribution in [2.45, 2.75) is 50.4 Å². The molecular formula is C24H34N8O2S. The van der Waals surface area contributed by atoms with Crippen molar-refractivity contribution < 1.29 is 8.42 Å². The van der Waals surface area contributed by atoms with Crippen LogP contribution in [0.3, 0.4) is 0 Å². The fraction of sp³-hybridized carbons (Fsp3) is 0.542. The van der Waals surface area contributed by atoms with Crippen LogP contribution in [0.25, 0.3) is 5.65 Å². The number of aryl methyl sites for hydroxylation is 1. The third-order valence-corrected chi connectivity index (χ3v) is 9.45. The van der Waals surface area contributed by atoms with Crippen LogP contribution in [0.1, 0.15) is 37.1 Å². The van der Waals surface area contributed by atoms with Crippen molar-refractivity contribution >= 4 is 27.2 Å². The van der Waals surface area contributed by atoms with Gasteiger partial charge in [-0.15, -0.1) is 15.3 Å². The number of anilines is 2. The molecule has 0 aliphatic carbocycles. The molecule has 2 N–H and O–H groups in total. The van der Waals surface area contributed by atoms with Crippen molar-refractivity contribution in [3.05, 3.63) is 47.8 Å². The average Bonchev–Trinajstić information content (AvgIpc) is 3.26. The highest BCUT2D eigenvalue weighted by Crippen LogP contribution is 2.27. The number of aromatic nitrogens is 4. The molecule has 0 bridgehead atoms. The van der Waals surface area contributed by atoms with Crippen molar-refractivity contribution in [2.75, 3.05) is 43.4 Å². The number of fused-ring (bicyclic) bond motifs is 1. The minimum Gasteiger partial charge on any atom is -0.379 e. The number of nitrogens with zero attached hydrogens (tertiary/aromatic N) is 6. The van der Waals surface area contributed by atoms with Gasteiger partial charge in [0.2, 0.25) is 15.7 Å². The first-order chi connectivity index (χ1) is 16.9. The molecule has 4 heterocycles. The van der Waals surface area contributed by atoms with E-state index in [-0.39, 0.29) is 11.3 Å². The lowest BCUT2D eigenvalue weighted by Gasteiger charge is -2.35. The summed E-state index contributed by atoms with van der Waals surface area (Å²) in [6.07, 6.45) is 2.89. The maximum atomic E-state index is 13.1. The summed E-state index contributed by atoms with van der Waals surface area (Å²) in [5.74, 6) is 1.54. The van der Waals surface area contributed by atoms with Crippen LogP contribution in [0.15, 0.2) is 36.4 Å². The van der Waals surface area contributed by atoms with Crippen molar-refractivity contribution in [3.63, 3.8) is 0 Å². The highest BCUT2D eigenvalue weighted by Gasteiger charge is 2.35. The van der Waals surface area contributed by atoms with Gasteiger partial charge in [-0.1, -0.05) is 30.3 Å². The van der Waals surface area contributed by atoms with Crippen LogP contribution in [0.4, 0.5) is 11.5 Å². The standard InChI is InChI=1S/C24H34N8O2S/c1-18-27-28-24-22(16-23(29-32(18)24)30(2)17-19-6-4-3-5-7-19)26-20-10-14-31(15-11-20)35(33,34)21-8-12-25-13-9-21/h3-7,16,20-21,25-26H,8-15,17H2,1-2H3. The van der Waals surface area contributed by atoms with Gasteiger partial charge in [-0.3, -0.25) is 0 Å². The zero-order chi connectivity index (χ0) is 24.4. The van der Waals surface area contributed by atoms with Gasteiger partial charge in [0.1, 0.15) is 0 Å². The maximum absolute atomic E-state index is 13.1. The highest BCUT2D eigenvalue weighted by atomic mass is 32.2. The van der Waals surface area contributed by atoms with Gasteiger partial charge in [0.05, 0.1) is 10.9 Å². The number of rotatable bonds is 7. The average molecular weight is 499 g/mol. The van der Waals surface area contributed by atoms with E-state index in [1.165, 1.54) is 5.56 Å². The zero-order valence-electron chi connectivity index (χ0n) is 20.4. The molecule has 11 heteroatoms. The molecule has 1 aromatic carbocycles. The number of benzene rings is 1.